The lowest BCUT2D eigenvalue weighted by atomic mass is 10.1. The molecule has 1 aromatic carbocycles. The van der Waals surface area contributed by atoms with Crippen molar-refractivity contribution in [1.82, 2.24) is 9.78 Å². The van der Waals surface area contributed by atoms with Crippen molar-refractivity contribution in [2.45, 2.75) is 26.9 Å². The molecular formula is C13H15ClFN3. The Kier molecular flexibility index (Phi) is 3.68. The van der Waals surface area contributed by atoms with Crippen molar-refractivity contribution in [3.63, 3.8) is 0 Å². The molecule has 2 aromatic rings. The summed E-state index contributed by atoms with van der Waals surface area (Å²) < 4.78 is 15.7. The molecule has 96 valence electrons. The molecule has 0 aliphatic heterocycles. The van der Waals surface area contributed by atoms with Crippen LogP contribution in [-0.2, 0) is 13.1 Å². The summed E-state index contributed by atoms with van der Waals surface area (Å²) in [6, 6.07) is 5.22. The van der Waals surface area contributed by atoms with Crippen molar-refractivity contribution in [2.75, 3.05) is 0 Å². The maximum Gasteiger partial charge on any atom is 0.132 e. The lowest BCUT2D eigenvalue weighted by Gasteiger charge is -2.08. The molecule has 0 bridgehead atoms. The fourth-order valence-corrected chi connectivity index (χ4v) is 2.04. The second-order valence-corrected chi connectivity index (χ2v) is 4.61. The molecule has 2 rings (SSSR count). The average molecular weight is 268 g/mol. The molecule has 5 heteroatoms. The Bertz CT molecular complexity index is 578. The van der Waals surface area contributed by atoms with Crippen LogP contribution in [0.15, 0.2) is 18.2 Å². The number of nitrogens with two attached hydrogens (primary N) is 1. The normalized spacial score (nSPS) is 10.9. The van der Waals surface area contributed by atoms with Gasteiger partial charge in [0.05, 0.1) is 23.0 Å². The van der Waals surface area contributed by atoms with Gasteiger partial charge in [0.2, 0.25) is 0 Å². The van der Waals surface area contributed by atoms with E-state index in [0.717, 1.165) is 11.4 Å². The third-order valence-corrected chi connectivity index (χ3v) is 3.54. The second kappa shape index (κ2) is 5.08. The quantitative estimate of drug-likeness (QED) is 0.929. The molecule has 0 radical (unpaired) electrons. The molecule has 0 aliphatic rings. The van der Waals surface area contributed by atoms with E-state index in [0.29, 0.717) is 22.7 Å². The zero-order valence-corrected chi connectivity index (χ0v) is 11.1. The van der Waals surface area contributed by atoms with Crippen LogP contribution < -0.4 is 5.73 Å². The number of hydrogen-bond donors (Lipinski definition) is 1. The topological polar surface area (TPSA) is 43.8 Å². The smallest absolute Gasteiger partial charge is 0.132 e. The molecule has 0 atom stereocenters. The summed E-state index contributed by atoms with van der Waals surface area (Å²) in [6.07, 6.45) is 0. The van der Waals surface area contributed by atoms with Crippen molar-refractivity contribution in [3.8, 4) is 0 Å². The van der Waals surface area contributed by atoms with Crippen LogP contribution in [0.1, 0.15) is 22.5 Å². The Balaban J connectivity index is 2.37. The van der Waals surface area contributed by atoms with Gasteiger partial charge in [0.25, 0.3) is 0 Å². The summed E-state index contributed by atoms with van der Waals surface area (Å²) in [5, 5.41) is 4.92. The Morgan fingerprint density at radius 3 is 2.56 bits per heavy atom. The minimum absolute atomic E-state index is 0.192. The largest absolute Gasteiger partial charge is 0.326 e. The Labute approximate surface area is 110 Å². The SMILES string of the molecule is Cc1nn(Cc2cccc(CN)c2F)c(C)c1Cl. The fraction of sp³-hybridized carbons (Fsp3) is 0.308. The molecule has 0 saturated heterocycles. The van der Waals surface area contributed by atoms with Crippen LogP contribution in [0.25, 0.3) is 0 Å². The summed E-state index contributed by atoms with van der Waals surface area (Å²) in [5.41, 5.74) is 8.16. The van der Waals surface area contributed by atoms with Gasteiger partial charge in [-0.1, -0.05) is 29.8 Å². The Hall–Kier alpha value is -1.39. The maximum atomic E-state index is 14.0. The van der Waals surface area contributed by atoms with Crippen LogP contribution >= 0.6 is 11.6 Å². The average Bonchev–Trinajstić information content (AvgIpc) is 2.60. The van der Waals surface area contributed by atoms with E-state index in [-0.39, 0.29) is 12.4 Å². The number of hydrogen-bond acceptors (Lipinski definition) is 2. The highest BCUT2D eigenvalue weighted by atomic mass is 35.5. The molecule has 0 fully saturated rings. The number of rotatable bonds is 3. The van der Waals surface area contributed by atoms with E-state index in [4.69, 9.17) is 17.3 Å². The van der Waals surface area contributed by atoms with Crippen LogP contribution in [-0.4, -0.2) is 9.78 Å². The van der Waals surface area contributed by atoms with Crippen LogP contribution in [0.4, 0.5) is 4.39 Å². The Morgan fingerprint density at radius 1 is 1.33 bits per heavy atom. The van der Waals surface area contributed by atoms with Gasteiger partial charge in [0.15, 0.2) is 0 Å². The first-order valence-corrected chi connectivity index (χ1v) is 6.08. The summed E-state index contributed by atoms with van der Waals surface area (Å²) in [4.78, 5) is 0. The molecule has 2 N–H and O–H groups in total. The molecule has 0 saturated carbocycles. The molecule has 0 unspecified atom stereocenters. The van der Waals surface area contributed by atoms with Crippen LogP contribution in [0.2, 0.25) is 5.02 Å². The molecule has 3 nitrogen and oxygen atoms in total. The third kappa shape index (κ3) is 2.26. The van der Waals surface area contributed by atoms with Crippen molar-refractivity contribution in [1.29, 1.82) is 0 Å². The number of nitrogens with zero attached hydrogens (tertiary/aromatic N) is 2. The zero-order valence-electron chi connectivity index (χ0n) is 10.4. The van der Waals surface area contributed by atoms with Crippen molar-refractivity contribution >= 4 is 11.6 Å². The van der Waals surface area contributed by atoms with Gasteiger partial charge in [0.1, 0.15) is 5.82 Å². The van der Waals surface area contributed by atoms with Gasteiger partial charge >= 0.3 is 0 Å². The molecular weight excluding hydrogens is 253 g/mol. The third-order valence-electron chi connectivity index (χ3n) is 2.99. The van der Waals surface area contributed by atoms with Gasteiger partial charge in [-0.15, -0.1) is 0 Å². The minimum atomic E-state index is -0.260. The van der Waals surface area contributed by atoms with Crippen LogP contribution in [0.5, 0.6) is 0 Å². The van der Waals surface area contributed by atoms with E-state index in [1.54, 1.807) is 22.9 Å². The number of benzene rings is 1. The van der Waals surface area contributed by atoms with Gasteiger partial charge in [0, 0.05) is 17.7 Å². The number of halogens is 2. The second-order valence-electron chi connectivity index (χ2n) is 4.24. The minimum Gasteiger partial charge on any atom is -0.326 e. The first-order valence-electron chi connectivity index (χ1n) is 5.70. The van der Waals surface area contributed by atoms with E-state index in [1.807, 2.05) is 13.8 Å². The summed E-state index contributed by atoms with van der Waals surface area (Å²) in [7, 11) is 0. The van der Waals surface area contributed by atoms with Gasteiger partial charge in [-0.05, 0) is 13.8 Å². The zero-order chi connectivity index (χ0) is 13.3. The lowest BCUT2D eigenvalue weighted by Crippen LogP contribution is -2.08. The predicted molar refractivity (Wildman–Crippen MR) is 70.1 cm³/mol. The molecule has 1 heterocycles. The Morgan fingerprint density at radius 2 is 2.00 bits per heavy atom. The number of aromatic nitrogens is 2. The first-order chi connectivity index (χ1) is 8.54. The molecule has 0 spiro atoms. The van der Waals surface area contributed by atoms with Crippen molar-refractivity contribution in [2.24, 2.45) is 5.73 Å². The standard InChI is InChI=1S/C13H15ClFN3/c1-8-12(14)9(2)18(17-8)7-11-5-3-4-10(6-16)13(11)15/h3-5H,6-7,16H2,1-2H3. The van der Waals surface area contributed by atoms with Gasteiger partial charge < -0.3 is 5.73 Å². The van der Waals surface area contributed by atoms with Crippen molar-refractivity contribution in [3.05, 3.63) is 51.6 Å². The summed E-state index contributed by atoms with van der Waals surface area (Å²) in [6.45, 7) is 4.25. The van der Waals surface area contributed by atoms with Gasteiger partial charge in [-0.3, -0.25) is 4.68 Å². The van der Waals surface area contributed by atoms with Crippen molar-refractivity contribution < 1.29 is 4.39 Å². The number of aryl methyl sites for hydroxylation is 1. The highest BCUT2D eigenvalue weighted by molar-refractivity contribution is 6.31. The molecule has 0 aliphatic carbocycles. The highest BCUT2D eigenvalue weighted by Crippen LogP contribution is 2.21. The highest BCUT2D eigenvalue weighted by Gasteiger charge is 2.12. The van der Waals surface area contributed by atoms with E-state index in [2.05, 4.69) is 5.10 Å². The van der Waals surface area contributed by atoms with Crippen LogP contribution in [0.3, 0.4) is 0 Å². The monoisotopic (exact) mass is 267 g/mol. The first kappa shape index (κ1) is 13.1. The fourth-order valence-electron chi connectivity index (χ4n) is 1.90. The van der Waals surface area contributed by atoms with E-state index in [9.17, 15) is 4.39 Å². The van der Waals surface area contributed by atoms with E-state index >= 15 is 0 Å². The molecule has 1 aromatic heterocycles. The predicted octanol–water partition coefficient (Wildman–Crippen LogP) is 2.80. The lowest BCUT2D eigenvalue weighted by molar-refractivity contribution is 0.567. The summed E-state index contributed by atoms with van der Waals surface area (Å²) >= 11 is 6.07. The maximum absolute atomic E-state index is 14.0. The van der Waals surface area contributed by atoms with E-state index < -0.39 is 0 Å². The van der Waals surface area contributed by atoms with Crippen LogP contribution in [0, 0.1) is 19.7 Å². The molecule has 0 amide bonds. The van der Waals surface area contributed by atoms with E-state index in [1.165, 1.54) is 0 Å². The van der Waals surface area contributed by atoms with Gasteiger partial charge in [-0.25, -0.2) is 4.39 Å². The van der Waals surface area contributed by atoms with Gasteiger partial charge in [-0.2, -0.15) is 5.10 Å². The molecule has 18 heavy (non-hydrogen) atoms. The summed E-state index contributed by atoms with van der Waals surface area (Å²) in [5.74, 6) is -0.260.